The molecule has 3 heterocycles. The van der Waals surface area contributed by atoms with Crippen molar-refractivity contribution in [3.8, 4) is 16.8 Å². The zero-order valence-electron chi connectivity index (χ0n) is 32.3. The number of aromatic nitrogens is 1. The fourth-order valence-corrected chi connectivity index (χ4v) is 9.77. The Morgan fingerprint density at radius 2 is 0.833 bits per heavy atom. The smallest absolute Gasteiger partial charge is 0.143 e. The molecule has 13 rings (SSSR count). The number of benzene rings is 10. The van der Waals surface area contributed by atoms with Crippen LogP contribution < -0.4 is 4.90 Å². The zero-order chi connectivity index (χ0) is 39.3. The van der Waals surface area contributed by atoms with Crippen LogP contribution in [0.3, 0.4) is 0 Å². The Morgan fingerprint density at radius 3 is 1.58 bits per heavy atom. The van der Waals surface area contributed by atoms with E-state index >= 15 is 0 Å². The summed E-state index contributed by atoms with van der Waals surface area (Å²) in [5, 5.41) is 11.3. The largest absolute Gasteiger partial charge is 0.455 e. The lowest BCUT2D eigenvalue weighted by Crippen LogP contribution is -2.14. The molecule has 0 saturated heterocycles. The first-order valence-electron chi connectivity index (χ1n) is 20.4. The molecule has 0 fully saturated rings. The third-order valence-electron chi connectivity index (χ3n) is 12.4. The highest BCUT2D eigenvalue weighted by atomic mass is 16.3. The molecule has 10 aromatic carbocycles. The van der Waals surface area contributed by atoms with Gasteiger partial charge in [-0.05, 0) is 65.4 Å². The third-order valence-corrected chi connectivity index (χ3v) is 12.4. The van der Waals surface area contributed by atoms with E-state index in [1.54, 1.807) is 0 Å². The van der Waals surface area contributed by atoms with E-state index in [1.807, 2.05) is 0 Å². The fourth-order valence-electron chi connectivity index (χ4n) is 9.77. The molecular weight excluding hydrogens is 733 g/mol. The van der Waals surface area contributed by atoms with Gasteiger partial charge in [-0.1, -0.05) is 152 Å². The van der Waals surface area contributed by atoms with Gasteiger partial charge in [0.05, 0.1) is 39.2 Å². The van der Waals surface area contributed by atoms with Crippen LogP contribution in [-0.2, 0) is 0 Å². The first-order valence-corrected chi connectivity index (χ1v) is 20.4. The Kier molecular flexibility index (Phi) is 6.98. The van der Waals surface area contributed by atoms with Crippen LogP contribution >= 0.6 is 0 Å². The van der Waals surface area contributed by atoms with E-state index in [2.05, 4.69) is 216 Å². The van der Waals surface area contributed by atoms with Gasteiger partial charge in [-0.3, -0.25) is 0 Å². The minimum Gasteiger partial charge on any atom is -0.455 e. The van der Waals surface area contributed by atoms with E-state index in [1.165, 1.54) is 10.8 Å². The highest BCUT2D eigenvalue weighted by molar-refractivity contribution is 6.21. The summed E-state index contributed by atoms with van der Waals surface area (Å²) in [6.07, 6.45) is 0. The molecule has 280 valence electrons. The Bertz CT molecular complexity index is 3810. The van der Waals surface area contributed by atoms with Crippen molar-refractivity contribution in [2.45, 2.75) is 0 Å². The summed E-state index contributed by atoms with van der Waals surface area (Å²) >= 11 is 0. The molecule has 0 saturated carbocycles. The molecule has 0 N–H and O–H groups in total. The van der Waals surface area contributed by atoms with Gasteiger partial charge in [-0.25, -0.2) is 0 Å². The number of nitrogens with zero attached hydrogens (tertiary/aromatic N) is 2. The van der Waals surface area contributed by atoms with Gasteiger partial charge in [-0.2, -0.15) is 0 Å². The number of furan rings is 2. The number of fused-ring (bicyclic) bond motifs is 13. The van der Waals surface area contributed by atoms with Gasteiger partial charge >= 0.3 is 0 Å². The summed E-state index contributed by atoms with van der Waals surface area (Å²) < 4.78 is 16.3. The zero-order valence-corrected chi connectivity index (χ0v) is 32.3. The Labute approximate surface area is 344 Å². The quantitative estimate of drug-likeness (QED) is 0.175. The Balaban J connectivity index is 1.15. The summed E-state index contributed by atoms with van der Waals surface area (Å²) in [6, 6.07) is 73.7. The second-order valence-electron chi connectivity index (χ2n) is 15.6. The van der Waals surface area contributed by atoms with Crippen molar-refractivity contribution in [3.63, 3.8) is 0 Å². The molecule has 0 aliphatic carbocycles. The molecule has 4 heteroatoms. The summed E-state index contributed by atoms with van der Waals surface area (Å²) in [7, 11) is 0. The number of rotatable bonds is 5. The second-order valence-corrected chi connectivity index (χ2v) is 15.6. The van der Waals surface area contributed by atoms with E-state index in [4.69, 9.17) is 8.83 Å². The first-order chi connectivity index (χ1) is 29.8. The van der Waals surface area contributed by atoms with Gasteiger partial charge in [0, 0.05) is 48.8 Å². The van der Waals surface area contributed by atoms with Crippen molar-refractivity contribution in [2.75, 3.05) is 4.90 Å². The van der Waals surface area contributed by atoms with E-state index in [0.717, 1.165) is 110 Å². The average Bonchev–Trinajstić information content (AvgIpc) is 4.00. The van der Waals surface area contributed by atoms with Crippen LogP contribution in [0, 0.1) is 0 Å². The van der Waals surface area contributed by atoms with Crippen LogP contribution in [0.15, 0.2) is 215 Å². The van der Waals surface area contributed by atoms with Gasteiger partial charge in [0.2, 0.25) is 0 Å². The van der Waals surface area contributed by atoms with Crippen LogP contribution in [0.25, 0.3) is 104 Å². The molecule has 0 amide bonds. The summed E-state index contributed by atoms with van der Waals surface area (Å²) in [6.45, 7) is 0. The lowest BCUT2D eigenvalue weighted by molar-refractivity contribution is 0.672. The minimum absolute atomic E-state index is 0.835. The Morgan fingerprint density at radius 1 is 0.317 bits per heavy atom. The molecule has 0 radical (unpaired) electrons. The van der Waals surface area contributed by atoms with E-state index in [9.17, 15) is 0 Å². The van der Waals surface area contributed by atoms with Gasteiger partial charge in [-0.15, -0.1) is 0 Å². The molecular formula is C56H34N2O2. The predicted octanol–water partition coefficient (Wildman–Crippen LogP) is 16.0. The Hall–Kier alpha value is -8.08. The van der Waals surface area contributed by atoms with E-state index in [0.29, 0.717) is 0 Å². The lowest BCUT2D eigenvalue weighted by Gasteiger charge is -2.30. The van der Waals surface area contributed by atoms with Gasteiger partial charge < -0.3 is 18.3 Å². The molecule has 0 unspecified atom stereocenters. The maximum Gasteiger partial charge on any atom is 0.143 e. The van der Waals surface area contributed by atoms with Crippen LogP contribution in [-0.4, -0.2) is 4.57 Å². The highest BCUT2D eigenvalue weighted by Crippen LogP contribution is 2.50. The van der Waals surface area contributed by atoms with Crippen molar-refractivity contribution in [2.24, 2.45) is 0 Å². The third kappa shape index (κ3) is 4.67. The maximum atomic E-state index is 7.00. The molecule has 4 nitrogen and oxygen atoms in total. The standard InChI is InChI=1S/C56H34N2O2/c1-3-17-37-35(15-1)31-33-44-43-23-13-22-42(56(43)60-54(37)44)41-21-7-10-26-48(41)58(51-29-14-30-52-53(51)45-34-32-36-16-2-4-18-38(36)55(45)59-52)50-28-12-11-27-49(50)57-46-24-8-5-19-39(46)40-20-6-9-25-47(40)57/h1-34H. The topological polar surface area (TPSA) is 34.5 Å². The molecule has 60 heavy (non-hydrogen) atoms. The van der Waals surface area contributed by atoms with Crippen LogP contribution in [0.2, 0.25) is 0 Å². The number of hydrogen-bond acceptors (Lipinski definition) is 3. The lowest BCUT2D eigenvalue weighted by atomic mass is 9.98. The van der Waals surface area contributed by atoms with Gasteiger partial charge in [0.1, 0.15) is 22.3 Å². The maximum absolute atomic E-state index is 7.00. The second kappa shape index (κ2) is 12.7. The van der Waals surface area contributed by atoms with E-state index < -0.39 is 0 Å². The normalized spacial score (nSPS) is 12.0. The molecule has 0 bridgehead atoms. The van der Waals surface area contributed by atoms with Crippen LogP contribution in [0.1, 0.15) is 0 Å². The fraction of sp³-hybridized carbons (Fsp3) is 0. The van der Waals surface area contributed by atoms with E-state index in [-0.39, 0.29) is 0 Å². The van der Waals surface area contributed by atoms with Crippen molar-refractivity contribution < 1.29 is 8.83 Å². The molecule has 0 spiro atoms. The minimum atomic E-state index is 0.835. The molecule has 13 aromatic rings. The summed E-state index contributed by atoms with van der Waals surface area (Å²) in [4.78, 5) is 2.44. The summed E-state index contributed by atoms with van der Waals surface area (Å²) in [5.41, 5.74) is 12.0. The van der Waals surface area contributed by atoms with Crippen LogP contribution in [0.5, 0.6) is 0 Å². The van der Waals surface area contributed by atoms with Crippen LogP contribution in [0.4, 0.5) is 17.1 Å². The number of anilines is 3. The SMILES string of the molecule is c1ccc(N(c2ccccc2-n2c3ccccc3c3ccccc32)c2cccc3oc4c5ccccc5ccc4c23)c(-c2cccc3c2oc2c4ccccc4ccc32)c1. The van der Waals surface area contributed by atoms with Gasteiger partial charge in [0.25, 0.3) is 0 Å². The molecule has 0 atom stereocenters. The van der Waals surface area contributed by atoms with Crippen molar-refractivity contribution >= 4 is 104 Å². The number of hydrogen-bond donors (Lipinski definition) is 0. The predicted molar refractivity (Wildman–Crippen MR) is 250 cm³/mol. The van der Waals surface area contributed by atoms with Gasteiger partial charge in [0.15, 0.2) is 0 Å². The summed E-state index contributed by atoms with van der Waals surface area (Å²) in [5.74, 6) is 0. The first kappa shape index (κ1) is 32.9. The van der Waals surface area contributed by atoms with Crippen molar-refractivity contribution in [1.82, 2.24) is 4.57 Å². The average molecular weight is 767 g/mol. The number of para-hydroxylation sites is 6. The molecule has 3 aromatic heterocycles. The molecule has 0 aliphatic heterocycles. The highest BCUT2D eigenvalue weighted by Gasteiger charge is 2.27. The monoisotopic (exact) mass is 766 g/mol. The van der Waals surface area contributed by atoms with Crippen molar-refractivity contribution in [3.05, 3.63) is 206 Å². The van der Waals surface area contributed by atoms with Crippen molar-refractivity contribution in [1.29, 1.82) is 0 Å². The molecule has 0 aliphatic rings.